The van der Waals surface area contributed by atoms with Gasteiger partial charge in [-0.25, -0.2) is 0 Å². The van der Waals surface area contributed by atoms with Gasteiger partial charge in [0.1, 0.15) is 6.54 Å². The quantitative estimate of drug-likeness (QED) is 0.397. The maximum absolute atomic E-state index is 8.39. The van der Waals surface area contributed by atoms with E-state index in [0.717, 1.165) is 11.0 Å². The molecule has 0 heterocycles. The number of halogens is 1. The van der Waals surface area contributed by atoms with Gasteiger partial charge in [0.25, 0.3) is 0 Å². The van der Waals surface area contributed by atoms with Crippen molar-refractivity contribution in [2.75, 3.05) is 34.3 Å². The summed E-state index contributed by atoms with van der Waals surface area (Å²) >= 11 is 0. The lowest BCUT2D eigenvalue weighted by Gasteiger charge is -2.21. The Hall–Kier alpha value is 0.210. The largest absolute Gasteiger partial charge is 1.00 e. The highest BCUT2D eigenvalue weighted by Gasteiger charge is 2.02. The Bertz CT molecular complexity index is 50.9. The van der Waals surface area contributed by atoms with Crippen LogP contribution in [0.2, 0.25) is 0 Å². The molecule has 2 nitrogen and oxygen atoms in total. The minimum absolute atomic E-state index is 0. The Morgan fingerprint density at radius 3 is 1.62 bits per heavy atom. The van der Waals surface area contributed by atoms with Crippen LogP contribution in [-0.4, -0.2) is 43.9 Å². The topological polar surface area (TPSA) is 20.2 Å². The van der Waals surface area contributed by atoms with Crippen LogP contribution in [0.15, 0.2) is 0 Å². The first kappa shape index (κ1) is 11.1. The monoisotopic (exact) mass is 138 g/mol. The summed E-state index contributed by atoms with van der Waals surface area (Å²) in [5.41, 5.74) is 0. The summed E-state index contributed by atoms with van der Waals surface area (Å²) in [6.07, 6.45) is 0. The van der Waals surface area contributed by atoms with Crippen molar-refractivity contribution in [3.63, 3.8) is 0 Å². The predicted molar refractivity (Wildman–Crippen MR) is 30.0 cm³/mol. The number of aliphatic hydroxyl groups is 1. The number of hydrogen-bond acceptors (Lipinski definition) is 1. The molecule has 0 aliphatic carbocycles. The van der Waals surface area contributed by atoms with Crippen molar-refractivity contribution < 1.29 is 22.0 Å². The van der Waals surface area contributed by atoms with E-state index in [0.29, 0.717) is 0 Å². The Balaban J connectivity index is 0. The average molecular weight is 139 g/mol. The molecule has 3 heteroatoms. The normalized spacial score (nSPS) is 10.5. The van der Waals surface area contributed by atoms with Crippen LogP contribution < -0.4 is 12.4 Å². The average Bonchev–Trinajstić information content (AvgIpc) is 1.30. The molecule has 0 aromatic carbocycles. The second kappa shape index (κ2) is 4.13. The number of aliphatic hydroxyl groups excluding tert-OH is 1. The molecule has 0 unspecified atom stereocenters. The molecule has 0 saturated carbocycles. The number of quaternary nitrogens is 1. The predicted octanol–water partition coefficient (Wildman–Crippen LogP) is -3.31. The van der Waals surface area contributed by atoms with Crippen LogP contribution in [0.5, 0.6) is 0 Å². The van der Waals surface area contributed by atoms with Gasteiger partial charge in [-0.2, -0.15) is 0 Å². The van der Waals surface area contributed by atoms with Crippen LogP contribution >= 0.6 is 0 Å². The van der Waals surface area contributed by atoms with E-state index in [1.807, 2.05) is 0 Å². The molecule has 0 radical (unpaired) electrons. The van der Waals surface area contributed by atoms with Gasteiger partial charge in [-0.15, -0.1) is 0 Å². The fourth-order valence-electron chi connectivity index (χ4n) is 0.300. The fourth-order valence-corrected chi connectivity index (χ4v) is 0.300. The molecule has 0 aromatic heterocycles. The molecule has 0 aromatic rings. The molecule has 8 heavy (non-hydrogen) atoms. The van der Waals surface area contributed by atoms with E-state index in [4.69, 9.17) is 5.11 Å². The van der Waals surface area contributed by atoms with Crippen molar-refractivity contribution in [2.24, 2.45) is 0 Å². The minimum atomic E-state index is 0. The second-order valence-electron chi connectivity index (χ2n) is 2.74. The van der Waals surface area contributed by atoms with Gasteiger partial charge in [0.05, 0.1) is 27.7 Å². The highest BCUT2D eigenvalue weighted by atomic mass is 35.5. The summed E-state index contributed by atoms with van der Waals surface area (Å²) in [6, 6.07) is 0. The molecule has 0 amide bonds. The van der Waals surface area contributed by atoms with Crippen LogP contribution in [0.3, 0.4) is 0 Å². The minimum Gasteiger partial charge on any atom is -1.00 e. The summed E-state index contributed by atoms with van der Waals surface area (Å²) in [6.45, 7) is 1.11. The van der Waals surface area contributed by atoms with Gasteiger partial charge in [0.2, 0.25) is 0 Å². The van der Waals surface area contributed by atoms with E-state index in [1.165, 1.54) is 0 Å². The van der Waals surface area contributed by atoms with Gasteiger partial charge in [-0.05, 0) is 0 Å². The van der Waals surface area contributed by atoms with E-state index < -0.39 is 0 Å². The van der Waals surface area contributed by atoms with Crippen LogP contribution in [0, 0.1) is 0 Å². The first-order chi connectivity index (χ1) is 3.06. The molecule has 1 N–H and O–H groups in total. The summed E-state index contributed by atoms with van der Waals surface area (Å²) in [5, 5.41) is 8.39. The van der Waals surface area contributed by atoms with Crippen LogP contribution in [-0.2, 0) is 0 Å². The maximum Gasteiger partial charge on any atom is 0.101 e. The number of likely N-dealkylation sites (N-methyl/N-ethyl adjacent to an activating group) is 1. The third kappa shape index (κ3) is 9.51. The van der Waals surface area contributed by atoms with Gasteiger partial charge >= 0.3 is 0 Å². The van der Waals surface area contributed by atoms with E-state index in [1.54, 1.807) is 0 Å². The highest BCUT2D eigenvalue weighted by molar-refractivity contribution is 4.19. The maximum atomic E-state index is 8.39. The van der Waals surface area contributed by atoms with Crippen LogP contribution in [0.25, 0.3) is 0 Å². The van der Waals surface area contributed by atoms with Gasteiger partial charge in [0, 0.05) is 0 Å². The molecule has 0 spiro atoms. The summed E-state index contributed by atoms with van der Waals surface area (Å²) in [4.78, 5) is 0. The number of nitrogens with zero attached hydrogens (tertiary/aromatic N) is 1. The standard InChI is InChI=1S/C5H14NO.ClH/c1-6(2,3)4-5-7;/h7H,4-5H2,1-3H3;1H/q+1;/p-1/i1-1;. The summed E-state index contributed by atoms with van der Waals surface area (Å²) < 4.78 is 0.844. The molecule has 0 aliphatic heterocycles. The first-order valence-electron chi connectivity index (χ1n) is 2.47. The van der Waals surface area contributed by atoms with Gasteiger partial charge in [-0.1, -0.05) is 0 Å². The van der Waals surface area contributed by atoms with Crippen molar-refractivity contribution in [2.45, 2.75) is 0 Å². The fraction of sp³-hybridized carbons (Fsp3) is 1.00. The van der Waals surface area contributed by atoms with Crippen molar-refractivity contribution in [1.29, 1.82) is 0 Å². The Morgan fingerprint density at radius 2 is 1.62 bits per heavy atom. The van der Waals surface area contributed by atoms with Crippen molar-refractivity contribution >= 4 is 0 Å². The second-order valence-corrected chi connectivity index (χ2v) is 2.74. The van der Waals surface area contributed by atoms with E-state index in [2.05, 4.69) is 21.1 Å². The molecule has 0 fully saturated rings. The third-order valence-corrected chi connectivity index (χ3v) is 0.771. The number of hydrogen-bond donors (Lipinski definition) is 1. The zero-order valence-electron chi connectivity index (χ0n) is 5.69. The first-order valence-corrected chi connectivity index (χ1v) is 2.47. The molecule has 52 valence electrons. The molecular formula is C5H14ClNO. The van der Waals surface area contributed by atoms with Crippen molar-refractivity contribution in [1.82, 2.24) is 0 Å². The molecule has 0 saturated heterocycles. The molecule has 0 atom stereocenters. The lowest BCUT2D eigenvalue weighted by molar-refractivity contribution is -0.870. The lowest BCUT2D eigenvalue weighted by Crippen LogP contribution is -3.00. The Morgan fingerprint density at radius 1 is 1.25 bits per heavy atom. The molecule has 0 bridgehead atoms. The van der Waals surface area contributed by atoms with Crippen molar-refractivity contribution in [3.05, 3.63) is 0 Å². The SMILES string of the molecule is C[N+](C)([11CH3])CCO.[Cl-]. The van der Waals surface area contributed by atoms with Gasteiger partial charge in [0.15, 0.2) is 0 Å². The third-order valence-electron chi connectivity index (χ3n) is 0.771. The van der Waals surface area contributed by atoms with Crippen molar-refractivity contribution in [3.8, 4) is 0 Å². The number of rotatable bonds is 2. The highest BCUT2D eigenvalue weighted by Crippen LogP contribution is 1.84. The van der Waals surface area contributed by atoms with Gasteiger partial charge in [-0.3, -0.25) is 0 Å². The van der Waals surface area contributed by atoms with Crippen LogP contribution in [0.1, 0.15) is 0 Å². The molecule has 0 rings (SSSR count). The zero-order valence-corrected chi connectivity index (χ0v) is 6.44. The van der Waals surface area contributed by atoms with E-state index >= 15 is 0 Å². The summed E-state index contributed by atoms with van der Waals surface area (Å²) in [7, 11) is 6.16. The van der Waals surface area contributed by atoms with E-state index in [-0.39, 0.29) is 19.0 Å². The summed E-state index contributed by atoms with van der Waals surface area (Å²) in [5.74, 6) is 0. The van der Waals surface area contributed by atoms with E-state index in [9.17, 15) is 0 Å². The smallest absolute Gasteiger partial charge is 0.101 e. The molecular weight excluding hydrogens is 125 g/mol. The Kier molecular flexibility index (Phi) is 5.71. The Labute approximate surface area is 57.1 Å². The zero-order chi connectivity index (χ0) is 5.91. The lowest BCUT2D eigenvalue weighted by atomic mass is 10.3. The molecule has 0 aliphatic rings. The van der Waals surface area contributed by atoms with Crippen LogP contribution in [0.4, 0.5) is 0 Å². The van der Waals surface area contributed by atoms with Gasteiger partial charge < -0.3 is 22.0 Å².